The Bertz CT molecular complexity index is 1410. The van der Waals surface area contributed by atoms with Crippen molar-refractivity contribution >= 4 is 11.4 Å². The van der Waals surface area contributed by atoms with Crippen LogP contribution in [0.4, 0.5) is 0 Å². The summed E-state index contributed by atoms with van der Waals surface area (Å²) in [5.74, 6) is 2.06. The van der Waals surface area contributed by atoms with E-state index < -0.39 is 0 Å². The number of carbonyl (C=O) groups is 1. The molecule has 0 spiro atoms. The second-order valence-electron chi connectivity index (χ2n) is 8.45. The molecule has 2 aromatic heterocycles. The summed E-state index contributed by atoms with van der Waals surface area (Å²) in [6, 6.07) is 13.6. The molecule has 0 radical (unpaired) electrons. The molecule has 180 valence electrons. The number of para-hydroxylation sites is 1. The third kappa shape index (κ3) is 3.89. The van der Waals surface area contributed by atoms with E-state index in [-0.39, 0.29) is 11.7 Å². The lowest BCUT2D eigenvalue weighted by molar-refractivity contribution is 0.0961. The first-order chi connectivity index (χ1) is 17.1. The van der Waals surface area contributed by atoms with Gasteiger partial charge in [-0.05, 0) is 35.7 Å². The van der Waals surface area contributed by atoms with Crippen LogP contribution in [0.25, 0.3) is 16.8 Å². The van der Waals surface area contributed by atoms with Crippen molar-refractivity contribution < 1.29 is 23.7 Å². The first-order valence-corrected chi connectivity index (χ1v) is 11.4. The molecule has 0 bridgehead atoms. The van der Waals surface area contributed by atoms with Crippen LogP contribution >= 0.6 is 0 Å². The van der Waals surface area contributed by atoms with Gasteiger partial charge in [0.15, 0.2) is 22.9 Å². The van der Waals surface area contributed by atoms with Crippen molar-refractivity contribution in [2.75, 3.05) is 28.4 Å². The number of ether oxygens (including phenoxy) is 4. The summed E-state index contributed by atoms with van der Waals surface area (Å²) < 4.78 is 23.8. The highest BCUT2D eigenvalue weighted by Crippen LogP contribution is 2.39. The maximum Gasteiger partial charge on any atom is 0.166 e. The summed E-state index contributed by atoms with van der Waals surface area (Å²) >= 11 is 0. The molecule has 2 aromatic carbocycles. The van der Waals surface area contributed by atoms with E-state index in [0.717, 1.165) is 33.8 Å². The van der Waals surface area contributed by atoms with Gasteiger partial charge in [-0.2, -0.15) is 5.10 Å². The van der Waals surface area contributed by atoms with E-state index in [1.807, 2.05) is 42.5 Å². The van der Waals surface area contributed by atoms with Gasteiger partial charge in [0.2, 0.25) is 0 Å². The highest BCUT2D eigenvalue weighted by atomic mass is 16.5. The standard InChI is InChI=1S/C27H27N3O5/c1-32-15-20-26(16-9-10-24(34-3)25(13-16)35-4)27-28-14-19-21(30(27)29-20)11-17(12-22(19)31)18-7-5-6-8-23(18)33-2/h5-10,13-14,17H,11-12,15H2,1-4H3. The molecule has 2 heterocycles. The summed E-state index contributed by atoms with van der Waals surface area (Å²) in [5.41, 5.74) is 5.57. The highest BCUT2D eigenvalue weighted by molar-refractivity contribution is 5.99. The molecule has 8 heteroatoms. The summed E-state index contributed by atoms with van der Waals surface area (Å²) in [6.45, 7) is 0.297. The third-order valence-electron chi connectivity index (χ3n) is 6.52. The van der Waals surface area contributed by atoms with E-state index in [1.165, 1.54) is 0 Å². The first kappa shape index (κ1) is 22.9. The summed E-state index contributed by atoms with van der Waals surface area (Å²) in [4.78, 5) is 17.9. The molecule has 0 aliphatic heterocycles. The van der Waals surface area contributed by atoms with E-state index in [1.54, 1.807) is 39.2 Å². The maximum absolute atomic E-state index is 13.2. The van der Waals surface area contributed by atoms with Crippen molar-refractivity contribution in [2.24, 2.45) is 0 Å². The van der Waals surface area contributed by atoms with Gasteiger partial charge in [-0.3, -0.25) is 4.79 Å². The maximum atomic E-state index is 13.2. The first-order valence-electron chi connectivity index (χ1n) is 11.4. The monoisotopic (exact) mass is 473 g/mol. The van der Waals surface area contributed by atoms with Gasteiger partial charge in [0.05, 0.1) is 50.5 Å². The SMILES string of the molecule is COCc1nn2c3c(cnc2c1-c1ccc(OC)c(OC)c1)C(=O)CC(c1ccccc1OC)C3. The van der Waals surface area contributed by atoms with Crippen LogP contribution in [0.2, 0.25) is 0 Å². The average molecular weight is 474 g/mol. The van der Waals surface area contributed by atoms with Crippen molar-refractivity contribution in [2.45, 2.75) is 25.4 Å². The zero-order valence-corrected chi connectivity index (χ0v) is 20.2. The molecular weight excluding hydrogens is 446 g/mol. The Hall–Kier alpha value is -3.91. The Morgan fingerprint density at radius 1 is 0.943 bits per heavy atom. The van der Waals surface area contributed by atoms with E-state index in [9.17, 15) is 4.79 Å². The number of fused-ring (bicyclic) bond motifs is 3. The molecule has 5 rings (SSSR count). The normalized spacial score (nSPS) is 15.2. The third-order valence-corrected chi connectivity index (χ3v) is 6.52. The van der Waals surface area contributed by atoms with Crippen LogP contribution in [0.1, 0.15) is 39.6 Å². The van der Waals surface area contributed by atoms with Crippen LogP contribution in [0.5, 0.6) is 17.2 Å². The van der Waals surface area contributed by atoms with Crippen LogP contribution < -0.4 is 14.2 Å². The predicted octanol–water partition coefficient (Wildman–Crippen LogP) is 4.48. The molecule has 8 nitrogen and oxygen atoms in total. The van der Waals surface area contributed by atoms with Gasteiger partial charge in [-0.1, -0.05) is 24.3 Å². The number of nitrogens with zero attached hydrogens (tertiary/aromatic N) is 3. The second kappa shape index (κ2) is 9.38. The van der Waals surface area contributed by atoms with Crippen molar-refractivity contribution in [3.63, 3.8) is 0 Å². The predicted molar refractivity (Wildman–Crippen MR) is 131 cm³/mol. The number of methoxy groups -OCH3 is 4. The van der Waals surface area contributed by atoms with Gasteiger partial charge in [0.1, 0.15) is 5.75 Å². The molecule has 0 fully saturated rings. The number of rotatable bonds is 7. The fourth-order valence-corrected chi connectivity index (χ4v) is 4.89. The Kier molecular flexibility index (Phi) is 6.13. The zero-order valence-electron chi connectivity index (χ0n) is 20.2. The van der Waals surface area contributed by atoms with E-state index >= 15 is 0 Å². The molecular formula is C27H27N3O5. The minimum Gasteiger partial charge on any atom is -0.496 e. The second-order valence-corrected chi connectivity index (χ2v) is 8.45. The van der Waals surface area contributed by atoms with Gasteiger partial charge >= 0.3 is 0 Å². The van der Waals surface area contributed by atoms with Crippen LogP contribution in [0.3, 0.4) is 0 Å². The summed E-state index contributed by atoms with van der Waals surface area (Å²) in [6.07, 6.45) is 2.71. The molecule has 1 unspecified atom stereocenters. The summed E-state index contributed by atoms with van der Waals surface area (Å²) in [7, 11) is 6.49. The molecule has 0 saturated heterocycles. The van der Waals surface area contributed by atoms with E-state index in [0.29, 0.717) is 42.2 Å². The minimum absolute atomic E-state index is 0.0173. The quantitative estimate of drug-likeness (QED) is 0.391. The molecule has 1 atom stereocenters. The summed E-state index contributed by atoms with van der Waals surface area (Å²) in [5, 5.41) is 4.87. The van der Waals surface area contributed by atoms with Crippen molar-refractivity contribution in [1.82, 2.24) is 14.6 Å². The topological polar surface area (TPSA) is 84.2 Å². The average Bonchev–Trinajstić information content (AvgIpc) is 3.26. The lowest BCUT2D eigenvalue weighted by Gasteiger charge is -2.25. The molecule has 35 heavy (non-hydrogen) atoms. The Labute approximate surface area is 203 Å². The smallest absolute Gasteiger partial charge is 0.166 e. The number of hydrogen-bond donors (Lipinski definition) is 0. The Balaban J connectivity index is 1.68. The zero-order chi connectivity index (χ0) is 24.5. The lowest BCUT2D eigenvalue weighted by atomic mass is 9.81. The number of aromatic nitrogens is 3. The Morgan fingerprint density at radius 3 is 2.46 bits per heavy atom. The molecule has 0 saturated carbocycles. The van der Waals surface area contributed by atoms with Gasteiger partial charge in [-0.15, -0.1) is 0 Å². The number of hydrogen-bond acceptors (Lipinski definition) is 7. The van der Waals surface area contributed by atoms with Gasteiger partial charge in [-0.25, -0.2) is 9.50 Å². The van der Waals surface area contributed by atoms with Crippen LogP contribution in [-0.4, -0.2) is 48.8 Å². The molecule has 1 aliphatic carbocycles. The van der Waals surface area contributed by atoms with Crippen molar-refractivity contribution in [1.29, 1.82) is 0 Å². The molecule has 0 N–H and O–H groups in total. The van der Waals surface area contributed by atoms with Crippen LogP contribution in [0.15, 0.2) is 48.7 Å². The van der Waals surface area contributed by atoms with Crippen molar-refractivity contribution in [3.8, 4) is 28.4 Å². The van der Waals surface area contributed by atoms with Crippen LogP contribution in [0, 0.1) is 0 Å². The fraction of sp³-hybridized carbons (Fsp3) is 0.296. The number of benzene rings is 2. The molecule has 4 aromatic rings. The van der Waals surface area contributed by atoms with Crippen LogP contribution in [-0.2, 0) is 17.8 Å². The molecule has 1 aliphatic rings. The van der Waals surface area contributed by atoms with Gasteiger partial charge in [0.25, 0.3) is 0 Å². The minimum atomic E-state index is -0.0173. The number of Topliss-reactive ketones (excluding diaryl/α,β-unsaturated/α-hetero) is 1. The van der Waals surface area contributed by atoms with E-state index in [4.69, 9.17) is 24.0 Å². The van der Waals surface area contributed by atoms with Gasteiger partial charge < -0.3 is 18.9 Å². The van der Waals surface area contributed by atoms with Gasteiger partial charge in [0, 0.05) is 25.6 Å². The fourth-order valence-electron chi connectivity index (χ4n) is 4.89. The largest absolute Gasteiger partial charge is 0.496 e. The Morgan fingerprint density at radius 2 is 1.71 bits per heavy atom. The highest BCUT2D eigenvalue weighted by Gasteiger charge is 2.32. The van der Waals surface area contributed by atoms with E-state index in [2.05, 4.69) is 4.98 Å². The lowest BCUT2D eigenvalue weighted by Crippen LogP contribution is -2.23. The number of ketones is 1. The number of carbonyl (C=O) groups excluding carboxylic acids is 1. The van der Waals surface area contributed by atoms with Crippen molar-refractivity contribution in [3.05, 3.63) is 71.2 Å². The molecule has 0 amide bonds.